The molecule has 0 saturated carbocycles. The van der Waals surface area contributed by atoms with E-state index >= 15 is 0 Å². The van der Waals surface area contributed by atoms with Crippen molar-refractivity contribution in [2.45, 2.75) is 25.8 Å². The SMILES string of the molecule is COCC(C)NC(N)=NCCCc1nc2ccccc2s1.I. The minimum atomic E-state index is 0. The van der Waals surface area contributed by atoms with Crippen LogP contribution in [-0.4, -0.2) is 37.2 Å². The van der Waals surface area contributed by atoms with Gasteiger partial charge in [0.2, 0.25) is 0 Å². The fourth-order valence-electron chi connectivity index (χ4n) is 2.05. The van der Waals surface area contributed by atoms with Crippen molar-refractivity contribution in [3.05, 3.63) is 29.3 Å². The predicted molar refractivity (Wildman–Crippen MR) is 104 cm³/mol. The van der Waals surface area contributed by atoms with E-state index in [1.165, 1.54) is 4.70 Å². The van der Waals surface area contributed by atoms with Gasteiger partial charge in [0.1, 0.15) is 0 Å². The lowest BCUT2D eigenvalue weighted by molar-refractivity contribution is 0.179. The average molecular weight is 434 g/mol. The van der Waals surface area contributed by atoms with Crippen LogP contribution in [0.1, 0.15) is 18.4 Å². The molecule has 2 rings (SSSR count). The summed E-state index contributed by atoms with van der Waals surface area (Å²) in [5, 5.41) is 4.25. The number of methoxy groups -OCH3 is 1. The molecule has 0 radical (unpaired) electrons. The van der Waals surface area contributed by atoms with Crippen molar-refractivity contribution in [2.75, 3.05) is 20.3 Å². The molecule has 22 heavy (non-hydrogen) atoms. The van der Waals surface area contributed by atoms with Gasteiger partial charge in [0.25, 0.3) is 0 Å². The summed E-state index contributed by atoms with van der Waals surface area (Å²) in [5.41, 5.74) is 6.90. The maximum Gasteiger partial charge on any atom is 0.188 e. The molecule has 5 nitrogen and oxygen atoms in total. The van der Waals surface area contributed by atoms with E-state index in [1.807, 2.05) is 25.1 Å². The Kier molecular flexibility index (Phi) is 8.66. The van der Waals surface area contributed by atoms with Crippen LogP contribution in [0.4, 0.5) is 0 Å². The maximum atomic E-state index is 5.82. The molecule has 0 amide bonds. The van der Waals surface area contributed by atoms with Crippen molar-refractivity contribution in [3.63, 3.8) is 0 Å². The lowest BCUT2D eigenvalue weighted by atomic mass is 10.3. The van der Waals surface area contributed by atoms with Gasteiger partial charge in [-0.2, -0.15) is 0 Å². The number of para-hydroxylation sites is 1. The number of rotatable bonds is 7. The second-order valence-electron chi connectivity index (χ2n) is 4.95. The number of nitrogens with two attached hydrogens (primary N) is 1. The van der Waals surface area contributed by atoms with Crippen LogP contribution in [0.3, 0.4) is 0 Å². The summed E-state index contributed by atoms with van der Waals surface area (Å²) in [4.78, 5) is 8.93. The maximum absolute atomic E-state index is 5.82. The van der Waals surface area contributed by atoms with E-state index in [0.29, 0.717) is 19.1 Å². The number of aromatic nitrogens is 1. The van der Waals surface area contributed by atoms with E-state index in [4.69, 9.17) is 10.5 Å². The highest BCUT2D eigenvalue weighted by Gasteiger charge is 2.03. The van der Waals surface area contributed by atoms with Gasteiger partial charge in [-0.05, 0) is 25.5 Å². The summed E-state index contributed by atoms with van der Waals surface area (Å²) in [6.07, 6.45) is 1.88. The molecule has 0 saturated heterocycles. The number of guanidine groups is 1. The first kappa shape index (κ1) is 19.1. The number of aryl methyl sites for hydroxylation is 1. The first-order valence-corrected chi connectivity index (χ1v) is 7.90. The van der Waals surface area contributed by atoms with Crippen LogP contribution < -0.4 is 11.1 Å². The van der Waals surface area contributed by atoms with Gasteiger partial charge in [-0.3, -0.25) is 4.99 Å². The van der Waals surface area contributed by atoms with Crippen LogP contribution in [0.25, 0.3) is 10.2 Å². The molecule has 1 unspecified atom stereocenters. The topological polar surface area (TPSA) is 72.5 Å². The minimum absolute atomic E-state index is 0. The van der Waals surface area contributed by atoms with Crippen molar-refractivity contribution in [2.24, 2.45) is 10.7 Å². The smallest absolute Gasteiger partial charge is 0.188 e. The van der Waals surface area contributed by atoms with Gasteiger partial charge in [-0.25, -0.2) is 4.98 Å². The lowest BCUT2D eigenvalue weighted by Gasteiger charge is -2.12. The molecule has 1 aromatic heterocycles. The highest BCUT2D eigenvalue weighted by atomic mass is 127. The highest BCUT2D eigenvalue weighted by molar-refractivity contribution is 14.0. The number of halogens is 1. The molecule has 7 heteroatoms. The molecule has 122 valence electrons. The number of aliphatic imine (C=N–C) groups is 1. The Balaban J connectivity index is 0.00000242. The third kappa shape index (κ3) is 6.05. The summed E-state index contributed by atoms with van der Waals surface area (Å²) in [6, 6.07) is 8.38. The molecule has 0 fully saturated rings. The molecule has 0 aliphatic heterocycles. The Hall–Kier alpha value is -0.930. The number of hydrogen-bond acceptors (Lipinski definition) is 4. The molecule has 0 spiro atoms. The molecule has 0 aliphatic rings. The summed E-state index contributed by atoms with van der Waals surface area (Å²) < 4.78 is 6.28. The third-order valence-electron chi connectivity index (χ3n) is 2.98. The molecule has 0 bridgehead atoms. The van der Waals surface area contributed by atoms with Crippen LogP contribution in [0.2, 0.25) is 0 Å². The van der Waals surface area contributed by atoms with Crippen LogP contribution in [0.5, 0.6) is 0 Å². The van der Waals surface area contributed by atoms with Crippen LogP contribution in [-0.2, 0) is 11.2 Å². The van der Waals surface area contributed by atoms with Gasteiger partial charge >= 0.3 is 0 Å². The summed E-state index contributed by atoms with van der Waals surface area (Å²) in [6.45, 7) is 3.32. The second-order valence-corrected chi connectivity index (χ2v) is 6.06. The molecule has 2 aromatic rings. The van der Waals surface area contributed by atoms with Crippen LogP contribution >= 0.6 is 35.3 Å². The van der Waals surface area contributed by atoms with Gasteiger partial charge in [0, 0.05) is 26.1 Å². The summed E-state index contributed by atoms with van der Waals surface area (Å²) >= 11 is 1.75. The standard InChI is InChI=1S/C15H22N4OS.HI/c1-11(10-20-2)18-15(16)17-9-5-8-14-19-12-6-3-4-7-13(12)21-14;/h3-4,6-7,11H,5,8-10H2,1-2H3,(H3,16,17,18);1H. The largest absolute Gasteiger partial charge is 0.383 e. The first-order valence-electron chi connectivity index (χ1n) is 7.09. The van der Waals surface area contributed by atoms with E-state index in [1.54, 1.807) is 18.4 Å². The molecule has 3 N–H and O–H groups in total. The molecular formula is C15H23IN4OS. The number of thiazole rings is 1. The van der Waals surface area contributed by atoms with E-state index in [-0.39, 0.29) is 30.0 Å². The zero-order chi connectivity index (χ0) is 15.1. The predicted octanol–water partition coefficient (Wildman–Crippen LogP) is 2.79. The number of benzene rings is 1. The molecule has 1 aromatic carbocycles. The van der Waals surface area contributed by atoms with Crippen molar-refractivity contribution >= 4 is 51.5 Å². The van der Waals surface area contributed by atoms with Gasteiger partial charge in [0.15, 0.2) is 5.96 Å². The number of nitrogens with one attached hydrogen (secondary N) is 1. The number of hydrogen-bond donors (Lipinski definition) is 2. The summed E-state index contributed by atoms with van der Waals surface area (Å²) in [7, 11) is 1.67. The van der Waals surface area contributed by atoms with Crippen LogP contribution in [0, 0.1) is 0 Å². The van der Waals surface area contributed by atoms with Crippen molar-refractivity contribution in [1.82, 2.24) is 10.3 Å². The van der Waals surface area contributed by atoms with Gasteiger partial charge in [-0.1, -0.05) is 12.1 Å². The molecule has 1 heterocycles. The number of ether oxygens (including phenoxy) is 1. The van der Waals surface area contributed by atoms with E-state index < -0.39 is 0 Å². The average Bonchev–Trinajstić information content (AvgIpc) is 2.86. The Morgan fingerprint density at radius 2 is 2.23 bits per heavy atom. The Bertz CT molecular complexity index is 569. The van der Waals surface area contributed by atoms with Gasteiger partial charge in [0.05, 0.1) is 21.8 Å². The number of fused-ring (bicyclic) bond motifs is 1. The van der Waals surface area contributed by atoms with Gasteiger partial charge < -0.3 is 15.8 Å². The fourth-order valence-corrected chi connectivity index (χ4v) is 3.06. The third-order valence-corrected chi connectivity index (χ3v) is 4.08. The lowest BCUT2D eigenvalue weighted by Crippen LogP contribution is -2.40. The van der Waals surface area contributed by atoms with E-state index in [0.717, 1.165) is 23.4 Å². The quantitative estimate of drug-likeness (QED) is 0.304. The number of nitrogens with zero attached hydrogens (tertiary/aromatic N) is 2. The first-order chi connectivity index (χ1) is 10.2. The zero-order valence-corrected chi connectivity index (χ0v) is 16.1. The Morgan fingerprint density at radius 3 is 2.95 bits per heavy atom. The Labute approximate surface area is 152 Å². The van der Waals surface area contributed by atoms with Crippen LogP contribution in [0.15, 0.2) is 29.3 Å². The highest BCUT2D eigenvalue weighted by Crippen LogP contribution is 2.22. The fraction of sp³-hybridized carbons (Fsp3) is 0.467. The normalized spacial score (nSPS) is 12.9. The molecule has 1 atom stereocenters. The molecular weight excluding hydrogens is 411 g/mol. The van der Waals surface area contributed by atoms with Crippen molar-refractivity contribution in [3.8, 4) is 0 Å². The van der Waals surface area contributed by atoms with E-state index in [2.05, 4.69) is 21.4 Å². The monoisotopic (exact) mass is 434 g/mol. The van der Waals surface area contributed by atoms with Crippen molar-refractivity contribution in [1.29, 1.82) is 0 Å². The minimum Gasteiger partial charge on any atom is -0.383 e. The zero-order valence-electron chi connectivity index (χ0n) is 12.9. The second kappa shape index (κ2) is 9.96. The van der Waals surface area contributed by atoms with Crippen molar-refractivity contribution < 1.29 is 4.74 Å². The summed E-state index contributed by atoms with van der Waals surface area (Å²) in [5.74, 6) is 0.476. The Morgan fingerprint density at radius 1 is 1.45 bits per heavy atom. The van der Waals surface area contributed by atoms with Gasteiger partial charge in [-0.15, -0.1) is 35.3 Å². The van der Waals surface area contributed by atoms with E-state index in [9.17, 15) is 0 Å². The molecule has 0 aliphatic carbocycles.